The lowest BCUT2D eigenvalue weighted by atomic mass is 9.95. The average molecular weight is 639 g/mol. The van der Waals surface area contributed by atoms with Crippen molar-refractivity contribution in [3.8, 4) is 0 Å². The van der Waals surface area contributed by atoms with Gasteiger partial charge in [0.05, 0.1) is 22.2 Å². The quantitative estimate of drug-likeness (QED) is 0.189. The summed E-state index contributed by atoms with van der Waals surface area (Å²) in [5.74, 6) is -0.0124. The molecule has 0 aliphatic carbocycles. The zero-order valence-corrected chi connectivity index (χ0v) is 27.4. The highest BCUT2D eigenvalue weighted by atomic mass is 32.2. The van der Waals surface area contributed by atoms with Gasteiger partial charge in [-0.1, -0.05) is 6.42 Å². The largest absolute Gasteiger partial charge is 0.370 e. The first-order valence-corrected chi connectivity index (χ1v) is 17.9. The zero-order chi connectivity index (χ0) is 32.0. The number of nitro benzene ring substituents is 1. The highest BCUT2D eigenvalue weighted by molar-refractivity contribution is 7.89. The van der Waals surface area contributed by atoms with E-state index in [9.17, 15) is 23.3 Å². The van der Waals surface area contributed by atoms with E-state index in [0.29, 0.717) is 49.7 Å². The molecule has 3 aliphatic heterocycles. The zero-order valence-electron chi connectivity index (χ0n) is 26.6. The van der Waals surface area contributed by atoms with Crippen molar-refractivity contribution in [3.05, 3.63) is 52.1 Å². The van der Waals surface area contributed by atoms with E-state index in [1.807, 2.05) is 30.9 Å². The number of carbonyl (C=O) groups is 1. The predicted molar refractivity (Wildman–Crippen MR) is 178 cm³/mol. The first-order valence-electron chi connectivity index (χ1n) is 16.5. The first kappa shape index (κ1) is 32.9. The topological polar surface area (TPSA) is 120 Å². The molecule has 5 rings (SSSR count). The Bertz CT molecular complexity index is 1500. The Morgan fingerprint density at radius 1 is 0.911 bits per heavy atom. The van der Waals surface area contributed by atoms with Crippen LogP contribution in [0.3, 0.4) is 0 Å². The molecule has 11 nitrogen and oxygen atoms in total. The summed E-state index contributed by atoms with van der Waals surface area (Å²) in [4.78, 5) is 35.6. The van der Waals surface area contributed by atoms with Gasteiger partial charge < -0.3 is 14.7 Å². The number of carbonyl (C=O) groups excluding carboxylic acids is 1. The lowest BCUT2D eigenvalue weighted by molar-refractivity contribution is -0.384. The van der Waals surface area contributed by atoms with Gasteiger partial charge >= 0.3 is 0 Å². The molecular formula is C33H46N6O5S. The maximum absolute atomic E-state index is 14.0. The minimum absolute atomic E-state index is 0.0539. The van der Waals surface area contributed by atoms with E-state index in [-0.39, 0.29) is 22.4 Å². The fourth-order valence-electron chi connectivity index (χ4n) is 6.81. The minimum Gasteiger partial charge on any atom is -0.370 e. The molecule has 12 heteroatoms. The number of amides is 1. The summed E-state index contributed by atoms with van der Waals surface area (Å²) >= 11 is 0. The summed E-state index contributed by atoms with van der Waals surface area (Å²) in [6.07, 6.45) is 9.15. The molecule has 244 valence electrons. The molecule has 0 N–H and O–H groups in total. The van der Waals surface area contributed by atoms with Crippen molar-refractivity contribution in [1.29, 1.82) is 0 Å². The molecular weight excluding hydrogens is 592 g/mol. The monoisotopic (exact) mass is 638 g/mol. The lowest BCUT2D eigenvalue weighted by Crippen LogP contribution is -2.45. The van der Waals surface area contributed by atoms with Crippen LogP contribution in [0.2, 0.25) is 0 Å². The van der Waals surface area contributed by atoms with Gasteiger partial charge in [-0.2, -0.15) is 4.31 Å². The van der Waals surface area contributed by atoms with Gasteiger partial charge in [-0.05, 0) is 83.1 Å². The number of non-ortho nitro benzene ring substituents is 1. The fraction of sp³-hybridized carbons (Fsp3) is 0.576. The Labute approximate surface area is 267 Å². The van der Waals surface area contributed by atoms with Crippen LogP contribution in [0.5, 0.6) is 0 Å². The molecule has 0 bridgehead atoms. The Morgan fingerprint density at radius 2 is 1.56 bits per heavy atom. The van der Waals surface area contributed by atoms with Crippen LogP contribution in [0.1, 0.15) is 70.8 Å². The molecule has 3 aliphatic rings. The normalized spacial score (nSPS) is 20.0. The smallest absolute Gasteiger partial charge is 0.270 e. The summed E-state index contributed by atoms with van der Waals surface area (Å²) in [7, 11) is -3.73. The molecule has 1 atom stereocenters. The second-order valence-electron chi connectivity index (χ2n) is 12.2. The highest BCUT2D eigenvalue weighted by Gasteiger charge is 2.32. The number of nitro groups is 1. The number of anilines is 2. The highest BCUT2D eigenvalue weighted by Crippen LogP contribution is 2.35. The molecule has 2 aromatic rings. The van der Waals surface area contributed by atoms with E-state index >= 15 is 0 Å². The molecule has 3 heterocycles. The molecule has 0 spiro atoms. The second-order valence-corrected chi connectivity index (χ2v) is 14.1. The number of hydrogen-bond acceptors (Lipinski definition) is 8. The van der Waals surface area contributed by atoms with Crippen LogP contribution in [0.4, 0.5) is 22.7 Å². The Kier molecular flexibility index (Phi) is 10.8. The van der Waals surface area contributed by atoms with Gasteiger partial charge in [0.2, 0.25) is 15.9 Å². The number of rotatable bonds is 10. The molecule has 0 unspecified atom stereocenters. The Balaban J connectivity index is 1.49. The molecule has 45 heavy (non-hydrogen) atoms. The number of piperidine rings is 3. The van der Waals surface area contributed by atoms with Gasteiger partial charge in [0.1, 0.15) is 4.90 Å². The number of aliphatic imine (C=N–C) groups is 1. The van der Waals surface area contributed by atoms with E-state index in [1.54, 1.807) is 22.7 Å². The first-order chi connectivity index (χ1) is 21.7. The fourth-order valence-corrected chi connectivity index (χ4v) is 8.56. The third kappa shape index (κ3) is 7.49. The maximum Gasteiger partial charge on any atom is 0.270 e. The summed E-state index contributed by atoms with van der Waals surface area (Å²) in [5, 5.41) is 11.7. The van der Waals surface area contributed by atoms with Crippen LogP contribution in [-0.2, 0) is 14.8 Å². The Hall–Kier alpha value is -3.51. The molecule has 1 amide bonds. The van der Waals surface area contributed by atoms with Crippen molar-refractivity contribution in [2.24, 2.45) is 10.9 Å². The molecule has 0 aromatic heterocycles. The molecule has 0 saturated carbocycles. The van der Waals surface area contributed by atoms with Gasteiger partial charge in [0.15, 0.2) is 0 Å². The van der Waals surface area contributed by atoms with Gasteiger partial charge in [-0.25, -0.2) is 8.42 Å². The lowest BCUT2D eigenvalue weighted by Gasteiger charge is -2.36. The van der Waals surface area contributed by atoms with Crippen LogP contribution < -0.4 is 9.80 Å². The maximum atomic E-state index is 14.0. The van der Waals surface area contributed by atoms with Gasteiger partial charge in [-0.15, -0.1) is 0 Å². The van der Waals surface area contributed by atoms with Crippen molar-refractivity contribution in [3.63, 3.8) is 0 Å². The van der Waals surface area contributed by atoms with Gasteiger partial charge in [0.25, 0.3) is 5.69 Å². The van der Waals surface area contributed by atoms with E-state index in [0.717, 1.165) is 76.7 Å². The summed E-state index contributed by atoms with van der Waals surface area (Å²) in [6.45, 7) is 9.19. The summed E-state index contributed by atoms with van der Waals surface area (Å²) in [6, 6.07) is 10.1. The third-order valence-corrected chi connectivity index (χ3v) is 11.3. The average Bonchev–Trinajstić information content (AvgIpc) is 3.08. The minimum atomic E-state index is -3.73. The Morgan fingerprint density at radius 3 is 2.22 bits per heavy atom. The number of sulfonamides is 1. The number of hydrogen-bond donors (Lipinski definition) is 0. The predicted octanol–water partition coefficient (Wildman–Crippen LogP) is 5.60. The molecule has 0 radical (unpaired) electrons. The molecule has 3 fully saturated rings. The van der Waals surface area contributed by atoms with Crippen LogP contribution >= 0.6 is 0 Å². The second kappa shape index (κ2) is 14.7. The van der Waals surface area contributed by atoms with Crippen molar-refractivity contribution in [2.45, 2.75) is 70.1 Å². The summed E-state index contributed by atoms with van der Waals surface area (Å²) in [5.41, 5.74) is 2.46. The van der Waals surface area contributed by atoms with E-state index in [2.05, 4.69) is 9.80 Å². The molecule has 3 saturated heterocycles. The van der Waals surface area contributed by atoms with Crippen molar-refractivity contribution in [2.75, 3.05) is 62.2 Å². The number of benzene rings is 2. The van der Waals surface area contributed by atoms with Crippen LogP contribution in [-0.4, -0.2) is 87.0 Å². The van der Waals surface area contributed by atoms with E-state index in [4.69, 9.17) is 4.99 Å². The standard InChI is InChI=1S/C33H46N6O5S/c1-3-35(4-2)33(40)26-12-11-19-37(25-26)30-16-14-29(39(41)42)22-27(30)24-34-28-13-15-31(36-17-7-5-8-18-36)32(23-28)45(43,44)38-20-9-6-10-21-38/h13-16,22-24,26H,3-12,17-21,25H2,1-2H3/t26-/m0/s1. The van der Waals surface area contributed by atoms with Crippen LogP contribution in [0, 0.1) is 16.0 Å². The molecule has 2 aromatic carbocycles. The van der Waals surface area contributed by atoms with Crippen molar-refractivity contribution >= 4 is 44.9 Å². The van der Waals surface area contributed by atoms with Gasteiger partial charge in [-0.3, -0.25) is 19.9 Å². The third-order valence-electron chi connectivity index (χ3n) is 9.33. The number of nitrogens with zero attached hydrogens (tertiary/aromatic N) is 6. The van der Waals surface area contributed by atoms with Crippen molar-refractivity contribution in [1.82, 2.24) is 9.21 Å². The van der Waals surface area contributed by atoms with E-state index in [1.165, 1.54) is 12.1 Å². The SMILES string of the molecule is CCN(CC)C(=O)[C@H]1CCCN(c2ccc([N+](=O)[O-])cc2C=Nc2ccc(N3CCCCC3)c(S(=O)(=O)N3CCCCC3)c2)C1. The van der Waals surface area contributed by atoms with Crippen LogP contribution in [0.25, 0.3) is 0 Å². The van der Waals surface area contributed by atoms with Gasteiger partial charge in [0, 0.05) is 82.0 Å². The van der Waals surface area contributed by atoms with Crippen molar-refractivity contribution < 1.29 is 18.1 Å². The summed E-state index contributed by atoms with van der Waals surface area (Å²) < 4.78 is 29.5. The van der Waals surface area contributed by atoms with Crippen LogP contribution in [0.15, 0.2) is 46.3 Å². The van der Waals surface area contributed by atoms with E-state index < -0.39 is 14.9 Å².